The number of nitrogens with zero attached hydrogens (tertiary/aromatic N) is 4. The van der Waals surface area contributed by atoms with E-state index in [1.165, 1.54) is 25.3 Å². The minimum atomic E-state index is -4.53. The van der Waals surface area contributed by atoms with Gasteiger partial charge in [0.15, 0.2) is 5.58 Å². The van der Waals surface area contributed by atoms with Gasteiger partial charge in [-0.3, -0.25) is 9.80 Å². The van der Waals surface area contributed by atoms with Crippen LogP contribution >= 0.6 is 0 Å². The normalized spacial score (nSPS) is 17.2. The van der Waals surface area contributed by atoms with E-state index in [4.69, 9.17) is 14.1 Å². The zero-order valence-corrected chi connectivity index (χ0v) is 30.3. The monoisotopic (exact) mass is 720 g/mol. The maximum atomic E-state index is 14.5. The van der Waals surface area contributed by atoms with E-state index in [1.54, 1.807) is 6.08 Å². The number of methoxy groups -OCH3 is 1. The van der Waals surface area contributed by atoms with Gasteiger partial charge in [0.2, 0.25) is 5.89 Å². The van der Waals surface area contributed by atoms with Crippen molar-refractivity contribution >= 4 is 23.3 Å². The zero-order chi connectivity index (χ0) is 37.3. The second-order valence-corrected chi connectivity index (χ2v) is 14.2. The Morgan fingerprint density at radius 3 is 2.32 bits per heavy atom. The molecule has 1 atom stereocenters. The molecule has 0 saturated carbocycles. The summed E-state index contributed by atoms with van der Waals surface area (Å²) >= 11 is 0. The summed E-state index contributed by atoms with van der Waals surface area (Å²) in [6, 6.07) is 20.4. The molecule has 53 heavy (non-hydrogen) atoms. The van der Waals surface area contributed by atoms with E-state index >= 15 is 0 Å². The van der Waals surface area contributed by atoms with Gasteiger partial charge in [0.25, 0.3) is 0 Å². The molecule has 1 N–H and O–H groups in total. The second kappa shape index (κ2) is 15.2. The molecule has 2 aliphatic rings. The van der Waals surface area contributed by atoms with Crippen LogP contribution in [0.2, 0.25) is 0 Å². The number of ether oxygens (including phenoxy) is 1. The fraction of sp³-hybridized carbons (Fsp3) is 0.349. The van der Waals surface area contributed by atoms with E-state index in [0.29, 0.717) is 53.5 Å². The number of rotatable bonds is 9. The molecule has 0 spiro atoms. The highest BCUT2D eigenvalue weighted by Crippen LogP contribution is 2.39. The maximum Gasteiger partial charge on any atom is 0.417 e. The summed E-state index contributed by atoms with van der Waals surface area (Å²) in [6.45, 7) is 8.12. The molecule has 2 fully saturated rings. The number of fused-ring (bicyclic) bond motifs is 1. The van der Waals surface area contributed by atoms with Gasteiger partial charge in [-0.05, 0) is 115 Å². The number of alkyl halides is 3. The average molecular weight is 721 g/mol. The number of aliphatic hydroxyl groups is 1. The topological polar surface area (TPSA) is 85.8 Å². The Bertz CT molecular complexity index is 2210. The van der Waals surface area contributed by atoms with Crippen molar-refractivity contribution in [2.45, 2.75) is 64.9 Å². The van der Waals surface area contributed by atoms with Crippen LogP contribution in [0, 0.1) is 25.2 Å². The van der Waals surface area contributed by atoms with Gasteiger partial charge >= 0.3 is 6.18 Å². The molecule has 0 aliphatic carbocycles. The fourth-order valence-electron chi connectivity index (χ4n) is 7.75. The third kappa shape index (κ3) is 7.74. The molecule has 7 rings (SSSR count). The summed E-state index contributed by atoms with van der Waals surface area (Å²) in [7, 11) is 1.50. The molecule has 1 aromatic heterocycles. The first-order chi connectivity index (χ1) is 25.5. The SMILES string of the molecule is COc1cc(/C=C/c2cccc(-c3cccc(-c4nc5cc(CN6CC[C@@H](O)C6)cc(C#N)c5o4)c3C)c2C)c(C(F)(F)F)cc1CN1CCCCC1. The Labute approximate surface area is 307 Å². The molecule has 2 aliphatic heterocycles. The Morgan fingerprint density at radius 2 is 1.62 bits per heavy atom. The molecule has 0 unspecified atom stereocenters. The molecule has 2 saturated heterocycles. The van der Waals surface area contributed by atoms with Gasteiger partial charge in [0.1, 0.15) is 17.3 Å². The maximum absolute atomic E-state index is 14.5. The molecule has 274 valence electrons. The number of nitriles is 1. The Balaban J connectivity index is 1.20. The van der Waals surface area contributed by atoms with Crippen molar-refractivity contribution in [2.24, 2.45) is 0 Å². The second-order valence-electron chi connectivity index (χ2n) is 14.2. The van der Waals surface area contributed by atoms with Gasteiger partial charge in [-0.1, -0.05) is 48.9 Å². The number of piperidine rings is 1. The Kier molecular flexibility index (Phi) is 10.4. The van der Waals surface area contributed by atoms with Crippen LogP contribution in [-0.4, -0.2) is 59.3 Å². The third-order valence-corrected chi connectivity index (χ3v) is 10.6. The molecule has 0 radical (unpaired) electrons. The highest BCUT2D eigenvalue weighted by molar-refractivity contribution is 5.85. The van der Waals surface area contributed by atoms with E-state index in [-0.39, 0.29) is 11.7 Å². The first kappa shape index (κ1) is 36.4. The molecular weight excluding hydrogens is 677 g/mol. The van der Waals surface area contributed by atoms with Crippen molar-refractivity contribution in [1.29, 1.82) is 5.26 Å². The highest BCUT2D eigenvalue weighted by atomic mass is 19.4. The smallest absolute Gasteiger partial charge is 0.417 e. The van der Waals surface area contributed by atoms with Gasteiger partial charge in [0.05, 0.1) is 24.3 Å². The molecular formula is C43H43F3N4O3. The van der Waals surface area contributed by atoms with Crippen LogP contribution < -0.4 is 4.74 Å². The van der Waals surface area contributed by atoms with Crippen LogP contribution in [0.5, 0.6) is 5.75 Å². The van der Waals surface area contributed by atoms with Gasteiger partial charge in [-0.15, -0.1) is 0 Å². The van der Waals surface area contributed by atoms with Crippen molar-refractivity contribution in [1.82, 2.24) is 14.8 Å². The lowest BCUT2D eigenvalue weighted by Gasteiger charge is -2.27. The number of hydrogen-bond donors (Lipinski definition) is 1. The first-order valence-electron chi connectivity index (χ1n) is 18.1. The van der Waals surface area contributed by atoms with Crippen LogP contribution in [0.25, 0.3) is 45.8 Å². The summed E-state index contributed by atoms with van der Waals surface area (Å²) < 4.78 is 55.2. The predicted molar refractivity (Wildman–Crippen MR) is 201 cm³/mol. The van der Waals surface area contributed by atoms with Gasteiger partial charge in [0, 0.05) is 37.3 Å². The van der Waals surface area contributed by atoms with E-state index in [1.807, 2.05) is 62.4 Å². The summed E-state index contributed by atoms with van der Waals surface area (Å²) in [5.41, 5.74) is 7.53. The number of hydrogen-bond acceptors (Lipinski definition) is 7. The van der Waals surface area contributed by atoms with E-state index in [0.717, 1.165) is 84.3 Å². The molecule has 3 heterocycles. The predicted octanol–water partition coefficient (Wildman–Crippen LogP) is 9.40. The van der Waals surface area contributed by atoms with Crippen LogP contribution in [0.4, 0.5) is 13.2 Å². The number of aliphatic hydroxyl groups excluding tert-OH is 1. The summed E-state index contributed by atoms with van der Waals surface area (Å²) in [5, 5.41) is 19.9. The van der Waals surface area contributed by atoms with E-state index < -0.39 is 11.7 Å². The summed E-state index contributed by atoms with van der Waals surface area (Å²) in [5.74, 6) is 0.848. The van der Waals surface area contributed by atoms with Gasteiger partial charge in [-0.2, -0.15) is 18.4 Å². The van der Waals surface area contributed by atoms with Crippen LogP contribution in [0.3, 0.4) is 0 Å². The lowest BCUT2D eigenvalue weighted by atomic mass is 9.91. The third-order valence-electron chi connectivity index (χ3n) is 10.6. The molecule has 7 nitrogen and oxygen atoms in total. The fourth-order valence-corrected chi connectivity index (χ4v) is 7.75. The first-order valence-corrected chi connectivity index (χ1v) is 18.1. The molecule has 0 amide bonds. The number of oxazole rings is 1. The Hall–Kier alpha value is -4.95. The van der Waals surface area contributed by atoms with Gasteiger partial charge in [-0.25, -0.2) is 4.98 Å². The van der Waals surface area contributed by atoms with Gasteiger partial charge < -0.3 is 14.3 Å². The van der Waals surface area contributed by atoms with E-state index in [9.17, 15) is 23.5 Å². The number of β-amino-alcohol motifs (C(OH)–C–C–N with tert-alkyl or cyclic N) is 1. The van der Waals surface area contributed by atoms with E-state index in [2.05, 4.69) is 15.9 Å². The molecule has 0 bridgehead atoms. The van der Waals surface area contributed by atoms with Crippen molar-refractivity contribution in [3.8, 4) is 34.4 Å². The van der Waals surface area contributed by atoms with Crippen molar-refractivity contribution in [3.63, 3.8) is 0 Å². The number of benzene rings is 4. The Morgan fingerprint density at radius 1 is 0.906 bits per heavy atom. The zero-order valence-electron chi connectivity index (χ0n) is 30.3. The standard InChI is InChI=1S/C43H43F3N4O3/c1-27-30(13-14-31-22-40(52-3)33(21-38(31)43(44,45)46)25-49-16-5-4-6-17-49)9-7-10-35(27)36-11-8-12-37(28(36)2)42-48-39-20-29(19-32(23-47)41(39)53-42)24-50-18-15-34(51)26-50/h7-14,19-22,34,51H,4-6,15-18,24-26H2,1-3H3/b14-13+/t34-/m1/s1. The number of aromatic nitrogens is 1. The minimum Gasteiger partial charge on any atom is -0.496 e. The summed E-state index contributed by atoms with van der Waals surface area (Å²) in [6.07, 6.45) is 2.36. The number of likely N-dealkylation sites (tertiary alicyclic amines) is 2. The largest absolute Gasteiger partial charge is 0.496 e. The van der Waals surface area contributed by atoms with Crippen LogP contribution in [0.1, 0.15) is 70.2 Å². The highest BCUT2D eigenvalue weighted by Gasteiger charge is 2.34. The van der Waals surface area contributed by atoms with Crippen molar-refractivity contribution in [2.75, 3.05) is 33.3 Å². The lowest BCUT2D eigenvalue weighted by Crippen LogP contribution is -2.29. The molecule has 5 aromatic rings. The lowest BCUT2D eigenvalue weighted by molar-refractivity contribution is -0.137. The van der Waals surface area contributed by atoms with Crippen LogP contribution in [0.15, 0.2) is 65.1 Å². The number of halogens is 3. The molecule has 4 aromatic carbocycles. The van der Waals surface area contributed by atoms with Crippen molar-refractivity contribution in [3.05, 3.63) is 105 Å². The minimum absolute atomic E-state index is 0.0496. The molecule has 10 heteroatoms. The average Bonchev–Trinajstić information content (AvgIpc) is 3.76. The quantitative estimate of drug-likeness (QED) is 0.152. The summed E-state index contributed by atoms with van der Waals surface area (Å²) in [4.78, 5) is 9.17. The van der Waals surface area contributed by atoms with Crippen LogP contribution in [-0.2, 0) is 19.3 Å². The van der Waals surface area contributed by atoms with Crippen molar-refractivity contribution < 1.29 is 27.4 Å².